The number of carboxylic acid groups (broad SMARTS) is 1. The van der Waals surface area contributed by atoms with Crippen LogP contribution in [0.2, 0.25) is 0 Å². The summed E-state index contributed by atoms with van der Waals surface area (Å²) in [6.45, 7) is 2.84. The minimum Gasteiger partial charge on any atom is -0.475 e. The third-order valence-corrected chi connectivity index (χ3v) is 3.67. The first kappa shape index (κ1) is 13.1. The molecule has 1 N–H and O–H groups in total. The Morgan fingerprint density at radius 3 is 2.83 bits per heavy atom. The molecule has 5 nitrogen and oxygen atoms in total. The van der Waals surface area contributed by atoms with Crippen LogP contribution in [-0.2, 0) is 6.54 Å². The number of hydrogen-bond donors (Lipinski definition) is 1. The molecule has 0 spiro atoms. The molecular formula is C13H20N2O3. The Kier molecular flexibility index (Phi) is 4.04. The second kappa shape index (κ2) is 5.54. The van der Waals surface area contributed by atoms with Gasteiger partial charge in [0, 0.05) is 18.2 Å². The molecule has 0 bridgehead atoms. The molecule has 1 fully saturated rings. The number of furan rings is 1. The highest BCUT2D eigenvalue weighted by Gasteiger charge is 2.22. The Morgan fingerprint density at radius 2 is 2.22 bits per heavy atom. The van der Waals surface area contributed by atoms with Gasteiger partial charge in [0.05, 0.1) is 6.26 Å². The van der Waals surface area contributed by atoms with Crippen LogP contribution in [0.4, 0.5) is 0 Å². The predicted octanol–water partition coefficient (Wildman–Crippen LogP) is 1.50. The standard InChI is InChI=1S/C13H20N2O3/c1-14-6-3-11(4-7-14)15(2)9-10-5-8-18-12(10)13(16)17/h5,8,11H,3-4,6-7,9H2,1-2H3,(H,16,17). The highest BCUT2D eigenvalue weighted by atomic mass is 16.4. The monoisotopic (exact) mass is 252 g/mol. The highest BCUT2D eigenvalue weighted by molar-refractivity contribution is 5.86. The van der Waals surface area contributed by atoms with Crippen LogP contribution in [0.15, 0.2) is 16.7 Å². The number of nitrogens with zero attached hydrogens (tertiary/aromatic N) is 2. The van der Waals surface area contributed by atoms with Crippen LogP contribution in [0.1, 0.15) is 29.0 Å². The van der Waals surface area contributed by atoms with E-state index in [1.165, 1.54) is 6.26 Å². The predicted molar refractivity (Wildman–Crippen MR) is 67.7 cm³/mol. The van der Waals surface area contributed by atoms with E-state index in [9.17, 15) is 4.79 Å². The first-order valence-electron chi connectivity index (χ1n) is 6.26. The quantitative estimate of drug-likeness (QED) is 0.880. The average Bonchev–Trinajstić information content (AvgIpc) is 2.78. The second-order valence-corrected chi connectivity index (χ2v) is 5.03. The van der Waals surface area contributed by atoms with E-state index in [1.807, 2.05) is 0 Å². The summed E-state index contributed by atoms with van der Waals surface area (Å²) in [6, 6.07) is 2.27. The lowest BCUT2D eigenvalue weighted by atomic mass is 10.0. The maximum Gasteiger partial charge on any atom is 0.372 e. The van der Waals surface area contributed by atoms with E-state index in [0.717, 1.165) is 31.5 Å². The van der Waals surface area contributed by atoms with Crippen LogP contribution in [0.25, 0.3) is 0 Å². The molecule has 1 aromatic rings. The van der Waals surface area contributed by atoms with Crippen LogP contribution < -0.4 is 0 Å². The van der Waals surface area contributed by atoms with Gasteiger partial charge in [-0.25, -0.2) is 4.79 Å². The summed E-state index contributed by atoms with van der Waals surface area (Å²) in [4.78, 5) is 15.5. The van der Waals surface area contributed by atoms with Gasteiger partial charge in [-0.3, -0.25) is 4.90 Å². The van der Waals surface area contributed by atoms with E-state index in [4.69, 9.17) is 9.52 Å². The molecule has 1 saturated heterocycles. The van der Waals surface area contributed by atoms with Gasteiger partial charge in [-0.1, -0.05) is 0 Å². The van der Waals surface area contributed by atoms with Crippen molar-refractivity contribution >= 4 is 5.97 Å². The van der Waals surface area contributed by atoms with Gasteiger partial charge in [-0.2, -0.15) is 0 Å². The topological polar surface area (TPSA) is 56.9 Å². The summed E-state index contributed by atoms with van der Waals surface area (Å²) in [5.41, 5.74) is 0.754. The Hall–Kier alpha value is -1.33. The lowest BCUT2D eigenvalue weighted by molar-refractivity contribution is 0.0657. The molecule has 5 heteroatoms. The number of likely N-dealkylation sites (tertiary alicyclic amines) is 1. The molecule has 0 aromatic carbocycles. The SMILES string of the molecule is CN1CCC(N(C)Cc2ccoc2C(=O)O)CC1. The first-order chi connectivity index (χ1) is 8.58. The van der Waals surface area contributed by atoms with Crippen molar-refractivity contribution in [3.63, 3.8) is 0 Å². The molecule has 0 aliphatic carbocycles. The maximum absolute atomic E-state index is 11.0. The van der Waals surface area contributed by atoms with Crippen molar-refractivity contribution < 1.29 is 14.3 Å². The van der Waals surface area contributed by atoms with Crippen LogP contribution in [0, 0.1) is 0 Å². The third-order valence-electron chi connectivity index (χ3n) is 3.67. The van der Waals surface area contributed by atoms with E-state index in [0.29, 0.717) is 12.6 Å². The Morgan fingerprint density at radius 1 is 1.56 bits per heavy atom. The zero-order chi connectivity index (χ0) is 13.1. The Balaban J connectivity index is 1.96. The van der Waals surface area contributed by atoms with Gasteiger partial charge >= 0.3 is 5.97 Å². The summed E-state index contributed by atoms with van der Waals surface area (Å²) in [6.07, 6.45) is 3.71. The second-order valence-electron chi connectivity index (χ2n) is 5.03. The molecule has 1 aliphatic rings. The number of carbonyl (C=O) groups is 1. The largest absolute Gasteiger partial charge is 0.475 e. The lowest BCUT2D eigenvalue weighted by Gasteiger charge is -2.35. The fourth-order valence-electron chi connectivity index (χ4n) is 2.48. The summed E-state index contributed by atoms with van der Waals surface area (Å²) in [5.74, 6) is -0.929. The molecule has 0 radical (unpaired) electrons. The molecule has 0 unspecified atom stereocenters. The normalized spacial score (nSPS) is 18.4. The molecular weight excluding hydrogens is 232 g/mol. The van der Waals surface area contributed by atoms with E-state index in [1.54, 1.807) is 6.07 Å². The van der Waals surface area contributed by atoms with E-state index in [2.05, 4.69) is 23.9 Å². The molecule has 100 valence electrons. The van der Waals surface area contributed by atoms with Crippen molar-refractivity contribution in [2.24, 2.45) is 0 Å². The van der Waals surface area contributed by atoms with Crippen LogP contribution in [0.3, 0.4) is 0 Å². The minimum atomic E-state index is -0.994. The summed E-state index contributed by atoms with van der Waals surface area (Å²) in [7, 11) is 4.18. The van der Waals surface area contributed by atoms with Crippen molar-refractivity contribution in [3.05, 3.63) is 23.7 Å². The molecule has 2 heterocycles. The molecule has 0 atom stereocenters. The number of aromatic carboxylic acids is 1. The van der Waals surface area contributed by atoms with E-state index < -0.39 is 5.97 Å². The number of carboxylic acids is 1. The molecule has 0 amide bonds. The summed E-state index contributed by atoms with van der Waals surface area (Å²) >= 11 is 0. The number of hydrogen-bond acceptors (Lipinski definition) is 4. The van der Waals surface area contributed by atoms with Crippen LogP contribution in [0.5, 0.6) is 0 Å². The fraction of sp³-hybridized carbons (Fsp3) is 0.615. The zero-order valence-corrected chi connectivity index (χ0v) is 10.9. The minimum absolute atomic E-state index is 0.0646. The maximum atomic E-state index is 11.0. The van der Waals surface area contributed by atoms with Crippen molar-refractivity contribution in [2.45, 2.75) is 25.4 Å². The van der Waals surface area contributed by atoms with Crippen molar-refractivity contribution in [1.29, 1.82) is 0 Å². The Labute approximate surface area is 107 Å². The molecule has 0 saturated carbocycles. The van der Waals surface area contributed by atoms with Crippen molar-refractivity contribution in [2.75, 3.05) is 27.2 Å². The summed E-state index contributed by atoms with van der Waals surface area (Å²) in [5, 5.41) is 8.99. The van der Waals surface area contributed by atoms with Gasteiger partial charge in [0.25, 0.3) is 0 Å². The van der Waals surface area contributed by atoms with Crippen LogP contribution >= 0.6 is 0 Å². The molecule has 1 aliphatic heterocycles. The molecule has 18 heavy (non-hydrogen) atoms. The third kappa shape index (κ3) is 2.91. The Bertz CT molecular complexity index is 408. The van der Waals surface area contributed by atoms with Gasteiger partial charge in [0.15, 0.2) is 0 Å². The zero-order valence-electron chi connectivity index (χ0n) is 10.9. The van der Waals surface area contributed by atoms with Crippen molar-refractivity contribution in [3.8, 4) is 0 Å². The van der Waals surface area contributed by atoms with Crippen LogP contribution in [-0.4, -0.2) is 54.1 Å². The number of piperidine rings is 1. The summed E-state index contributed by atoms with van der Waals surface area (Å²) < 4.78 is 5.00. The van der Waals surface area contributed by atoms with Gasteiger partial charge in [-0.05, 0) is 46.1 Å². The smallest absolute Gasteiger partial charge is 0.372 e. The highest BCUT2D eigenvalue weighted by Crippen LogP contribution is 2.19. The average molecular weight is 252 g/mol. The van der Waals surface area contributed by atoms with Gasteiger partial charge in [0.1, 0.15) is 0 Å². The van der Waals surface area contributed by atoms with Gasteiger partial charge in [0.2, 0.25) is 5.76 Å². The fourth-order valence-corrected chi connectivity index (χ4v) is 2.48. The molecule has 2 rings (SSSR count). The van der Waals surface area contributed by atoms with E-state index in [-0.39, 0.29) is 5.76 Å². The first-order valence-corrected chi connectivity index (χ1v) is 6.26. The van der Waals surface area contributed by atoms with Gasteiger partial charge in [-0.15, -0.1) is 0 Å². The van der Waals surface area contributed by atoms with Gasteiger partial charge < -0.3 is 14.4 Å². The van der Waals surface area contributed by atoms with E-state index >= 15 is 0 Å². The van der Waals surface area contributed by atoms with Crippen molar-refractivity contribution in [1.82, 2.24) is 9.80 Å². The molecule has 1 aromatic heterocycles. The number of rotatable bonds is 4. The lowest BCUT2D eigenvalue weighted by Crippen LogP contribution is -2.41.